The van der Waals surface area contributed by atoms with Crippen LogP contribution in [0.2, 0.25) is 5.02 Å². The Morgan fingerprint density at radius 2 is 1.88 bits per heavy atom. The molecule has 1 unspecified atom stereocenters. The molecule has 1 heterocycles. The Bertz CT molecular complexity index is 1180. The van der Waals surface area contributed by atoms with Gasteiger partial charge < -0.3 is 20.7 Å². The van der Waals surface area contributed by atoms with E-state index in [-0.39, 0.29) is 23.9 Å². The zero-order valence-electron chi connectivity index (χ0n) is 17.8. The molecule has 6 nitrogen and oxygen atoms in total. The Balaban J connectivity index is 1.32. The summed E-state index contributed by atoms with van der Waals surface area (Å²) >= 11 is 7.48. The molecule has 1 fully saturated rings. The molecule has 0 radical (unpaired) electrons. The van der Waals surface area contributed by atoms with Gasteiger partial charge in [-0.1, -0.05) is 59.8 Å². The van der Waals surface area contributed by atoms with Gasteiger partial charge in [-0.05, 0) is 60.5 Å². The average molecular weight is 480 g/mol. The molecule has 0 spiro atoms. The van der Waals surface area contributed by atoms with Crippen LogP contribution in [0.15, 0.2) is 77.7 Å². The van der Waals surface area contributed by atoms with Crippen LogP contribution in [-0.2, 0) is 9.59 Å². The third-order valence-corrected chi connectivity index (χ3v) is 6.09. The van der Waals surface area contributed by atoms with Gasteiger partial charge in [0.1, 0.15) is 5.75 Å². The molecule has 1 saturated heterocycles. The van der Waals surface area contributed by atoms with Crippen LogP contribution in [0.3, 0.4) is 0 Å². The van der Waals surface area contributed by atoms with Crippen LogP contribution in [0.25, 0.3) is 6.08 Å². The standard InChI is InChI=1S/C25H22ClN3O3S/c1-16-7-10-18(26)14-21(16)28-25-29-24(31)22(33-25)13-17-8-11-20(12-9-17)32-15-23(30)27-19-5-3-2-4-6-19/h2-14,25,28H,15H2,1H3,(H,27,30)(H,29,31)/b22-13-. The Kier molecular flexibility index (Phi) is 7.22. The van der Waals surface area contributed by atoms with Crippen LogP contribution in [-0.4, -0.2) is 23.9 Å². The Labute approximate surface area is 201 Å². The van der Waals surface area contributed by atoms with Gasteiger partial charge in [-0.2, -0.15) is 0 Å². The maximum absolute atomic E-state index is 12.4. The Morgan fingerprint density at radius 1 is 1.12 bits per heavy atom. The van der Waals surface area contributed by atoms with Crippen molar-refractivity contribution in [3.63, 3.8) is 0 Å². The largest absolute Gasteiger partial charge is 0.484 e. The number of aryl methyl sites for hydroxylation is 1. The van der Waals surface area contributed by atoms with Crippen LogP contribution in [0, 0.1) is 6.92 Å². The van der Waals surface area contributed by atoms with E-state index in [4.69, 9.17) is 16.3 Å². The minimum atomic E-state index is -0.286. The number of hydrogen-bond acceptors (Lipinski definition) is 5. The van der Waals surface area contributed by atoms with E-state index in [1.165, 1.54) is 11.8 Å². The van der Waals surface area contributed by atoms with Crippen molar-refractivity contribution in [1.29, 1.82) is 0 Å². The van der Waals surface area contributed by atoms with Crippen molar-refractivity contribution in [2.45, 2.75) is 12.4 Å². The summed E-state index contributed by atoms with van der Waals surface area (Å²) < 4.78 is 5.55. The van der Waals surface area contributed by atoms with Gasteiger partial charge in [0.05, 0.1) is 4.91 Å². The zero-order valence-corrected chi connectivity index (χ0v) is 19.4. The predicted octanol–water partition coefficient (Wildman–Crippen LogP) is 5.27. The molecule has 1 atom stereocenters. The van der Waals surface area contributed by atoms with Gasteiger partial charge in [-0.3, -0.25) is 9.59 Å². The van der Waals surface area contributed by atoms with E-state index in [1.807, 2.05) is 73.7 Å². The number of carbonyl (C=O) groups is 2. The molecule has 3 aromatic carbocycles. The summed E-state index contributed by atoms with van der Waals surface area (Å²) in [5.41, 5.74) is 3.21. The lowest BCUT2D eigenvalue weighted by Crippen LogP contribution is -2.31. The first kappa shape index (κ1) is 22.8. The fourth-order valence-electron chi connectivity index (χ4n) is 3.14. The number of benzene rings is 3. The van der Waals surface area contributed by atoms with E-state index >= 15 is 0 Å². The van der Waals surface area contributed by atoms with Crippen molar-refractivity contribution in [2.24, 2.45) is 0 Å². The molecule has 8 heteroatoms. The molecule has 3 N–H and O–H groups in total. The second kappa shape index (κ2) is 10.5. The Morgan fingerprint density at radius 3 is 2.64 bits per heavy atom. The van der Waals surface area contributed by atoms with Crippen molar-refractivity contribution >= 4 is 52.6 Å². The molecule has 3 aromatic rings. The molecule has 4 rings (SSSR count). The first-order valence-electron chi connectivity index (χ1n) is 10.3. The van der Waals surface area contributed by atoms with E-state index in [2.05, 4.69) is 16.0 Å². The number of rotatable bonds is 7. The number of thioether (sulfide) groups is 1. The van der Waals surface area contributed by atoms with Crippen molar-refractivity contribution in [1.82, 2.24) is 5.32 Å². The van der Waals surface area contributed by atoms with Crippen molar-refractivity contribution in [3.8, 4) is 5.75 Å². The van der Waals surface area contributed by atoms with Gasteiger partial charge >= 0.3 is 0 Å². The number of anilines is 2. The Hall–Kier alpha value is -3.42. The van der Waals surface area contributed by atoms with Crippen LogP contribution in [0.4, 0.5) is 11.4 Å². The number of para-hydroxylation sites is 1. The van der Waals surface area contributed by atoms with Crippen LogP contribution in [0.5, 0.6) is 5.75 Å². The highest BCUT2D eigenvalue weighted by Gasteiger charge is 2.27. The fourth-order valence-corrected chi connectivity index (χ4v) is 4.28. The maximum Gasteiger partial charge on any atom is 0.262 e. The van der Waals surface area contributed by atoms with Gasteiger partial charge in [0.2, 0.25) is 0 Å². The molecule has 33 heavy (non-hydrogen) atoms. The van der Waals surface area contributed by atoms with Gasteiger partial charge in [-0.15, -0.1) is 0 Å². The highest BCUT2D eigenvalue weighted by Crippen LogP contribution is 2.32. The van der Waals surface area contributed by atoms with Gasteiger partial charge in [-0.25, -0.2) is 0 Å². The van der Waals surface area contributed by atoms with Gasteiger partial charge in [0, 0.05) is 16.4 Å². The van der Waals surface area contributed by atoms with E-state index in [9.17, 15) is 9.59 Å². The number of halogens is 1. The van der Waals surface area contributed by atoms with E-state index in [0.29, 0.717) is 15.7 Å². The first-order chi connectivity index (χ1) is 16.0. The smallest absolute Gasteiger partial charge is 0.262 e. The van der Waals surface area contributed by atoms with E-state index in [1.54, 1.807) is 12.1 Å². The van der Waals surface area contributed by atoms with Crippen molar-refractivity contribution in [3.05, 3.63) is 93.9 Å². The molecule has 0 aromatic heterocycles. The molecule has 1 aliphatic heterocycles. The summed E-state index contributed by atoms with van der Waals surface area (Å²) in [7, 11) is 0. The lowest BCUT2D eigenvalue weighted by atomic mass is 10.2. The van der Waals surface area contributed by atoms with Crippen molar-refractivity contribution in [2.75, 3.05) is 17.2 Å². The molecule has 1 aliphatic rings. The second-order valence-corrected chi connectivity index (χ2v) is 8.94. The number of nitrogens with one attached hydrogen (secondary N) is 3. The molecule has 0 saturated carbocycles. The summed E-state index contributed by atoms with van der Waals surface area (Å²) in [5.74, 6) is 0.190. The highest BCUT2D eigenvalue weighted by atomic mass is 35.5. The number of hydrogen-bond donors (Lipinski definition) is 3. The summed E-state index contributed by atoms with van der Waals surface area (Å²) in [6.07, 6.45) is 1.82. The van der Waals surface area contributed by atoms with Crippen LogP contribution >= 0.6 is 23.4 Å². The number of carbonyl (C=O) groups excluding carboxylic acids is 2. The van der Waals surface area contributed by atoms with Gasteiger partial charge in [0.25, 0.3) is 11.8 Å². The third kappa shape index (κ3) is 6.31. The average Bonchev–Trinajstić information content (AvgIpc) is 3.15. The first-order valence-corrected chi connectivity index (χ1v) is 11.5. The summed E-state index contributed by atoms with van der Waals surface area (Å²) in [5, 5.41) is 9.62. The van der Waals surface area contributed by atoms with E-state index < -0.39 is 0 Å². The quantitative estimate of drug-likeness (QED) is 0.402. The molecular formula is C25H22ClN3O3S. The third-order valence-electron chi connectivity index (χ3n) is 4.82. The summed E-state index contributed by atoms with van der Waals surface area (Å²) in [6, 6.07) is 22.0. The van der Waals surface area contributed by atoms with Crippen LogP contribution in [0.1, 0.15) is 11.1 Å². The molecule has 168 valence electrons. The lowest BCUT2D eigenvalue weighted by Gasteiger charge is -2.15. The fraction of sp³-hybridized carbons (Fsp3) is 0.120. The molecular weight excluding hydrogens is 458 g/mol. The minimum absolute atomic E-state index is 0.0934. The predicted molar refractivity (Wildman–Crippen MR) is 134 cm³/mol. The van der Waals surface area contributed by atoms with Crippen molar-refractivity contribution < 1.29 is 14.3 Å². The van der Waals surface area contributed by atoms with E-state index in [0.717, 1.165) is 22.5 Å². The minimum Gasteiger partial charge on any atom is -0.484 e. The summed E-state index contributed by atoms with van der Waals surface area (Å²) in [4.78, 5) is 25.0. The zero-order chi connectivity index (χ0) is 23.2. The number of ether oxygens (including phenoxy) is 1. The highest BCUT2D eigenvalue weighted by molar-refractivity contribution is 8.05. The number of amides is 2. The SMILES string of the molecule is Cc1ccc(Cl)cc1NC1NC(=O)/C(=C/c2ccc(OCC(=O)Nc3ccccc3)cc2)S1. The monoisotopic (exact) mass is 479 g/mol. The van der Waals surface area contributed by atoms with Gasteiger partial charge in [0.15, 0.2) is 12.1 Å². The summed E-state index contributed by atoms with van der Waals surface area (Å²) in [6.45, 7) is 1.88. The van der Waals surface area contributed by atoms with Crippen LogP contribution < -0.4 is 20.7 Å². The molecule has 0 aliphatic carbocycles. The topological polar surface area (TPSA) is 79.5 Å². The second-order valence-electron chi connectivity index (χ2n) is 7.36. The molecule has 2 amide bonds. The normalized spacial score (nSPS) is 16.4. The molecule has 0 bridgehead atoms. The maximum atomic E-state index is 12.4. The lowest BCUT2D eigenvalue weighted by molar-refractivity contribution is -0.118.